The van der Waals surface area contributed by atoms with Crippen LogP contribution in [0.3, 0.4) is 0 Å². The Morgan fingerprint density at radius 3 is 2.72 bits per heavy atom. The first-order valence-corrected chi connectivity index (χ1v) is 9.51. The van der Waals surface area contributed by atoms with Crippen LogP contribution in [0.1, 0.15) is 10.4 Å². The highest BCUT2D eigenvalue weighted by atomic mass is 32.1. The number of amides is 2. The van der Waals surface area contributed by atoms with Gasteiger partial charge in [-0.3, -0.25) is 0 Å². The van der Waals surface area contributed by atoms with Crippen LogP contribution >= 0.6 is 11.3 Å². The second-order valence-electron chi connectivity index (χ2n) is 6.25. The Bertz CT molecular complexity index is 651. The highest BCUT2D eigenvalue weighted by Gasteiger charge is 2.14. The second-order valence-corrected chi connectivity index (χ2v) is 7.29. The fourth-order valence-electron chi connectivity index (χ4n) is 2.74. The summed E-state index contributed by atoms with van der Waals surface area (Å²) in [6, 6.07) is 8.04. The molecule has 3 rings (SSSR count). The van der Waals surface area contributed by atoms with Gasteiger partial charge in [-0.2, -0.15) is 0 Å². The molecule has 2 amide bonds. The lowest BCUT2D eigenvalue weighted by Gasteiger charge is -2.33. The summed E-state index contributed by atoms with van der Waals surface area (Å²) in [5.41, 5.74) is 1.01. The highest BCUT2D eigenvalue weighted by Crippen LogP contribution is 2.13. The normalized spacial score (nSPS) is 15.2. The van der Waals surface area contributed by atoms with E-state index in [0.717, 1.165) is 44.0 Å². The molecule has 2 aromatic heterocycles. The molecule has 6 nitrogen and oxygen atoms in total. The summed E-state index contributed by atoms with van der Waals surface area (Å²) >= 11 is 1.71. The highest BCUT2D eigenvalue weighted by molar-refractivity contribution is 7.09. The van der Waals surface area contributed by atoms with Gasteiger partial charge < -0.3 is 20.4 Å². The number of carbonyl (C=O) groups excluding carboxylic acids is 1. The monoisotopic (exact) mass is 359 g/mol. The fourth-order valence-corrected chi connectivity index (χ4v) is 3.45. The summed E-state index contributed by atoms with van der Waals surface area (Å²) in [7, 11) is 2.14. The van der Waals surface area contributed by atoms with E-state index in [1.807, 2.05) is 29.8 Å². The average molecular weight is 359 g/mol. The quantitative estimate of drug-likeness (QED) is 0.827. The molecule has 0 atom stereocenters. The minimum Gasteiger partial charge on any atom is -0.354 e. The van der Waals surface area contributed by atoms with Gasteiger partial charge in [0.1, 0.15) is 5.82 Å². The number of anilines is 1. The van der Waals surface area contributed by atoms with E-state index in [9.17, 15) is 4.79 Å². The molecule has 0 aliphatic carbocycles. The zero-order valence-electron chi connectivity index (χ0n) is 14.6. The van der Waals surface area contributed by atoms with Crippen molar-refractivity contribution in [2.75, 3.05) is 44.7 Å². The predicted octanol–water partition coefficient (Wildman–Crippen LogP) is 1.94. The number of aromatic nitrogens is 1. The third kappa shape index (κ3) is 5.44. The predicted molar refractivity (Wildman–Crippen MR) is 102 cm³/mol. The number of urea groups is 1. The molecular weight excluding hydrogens is 334 g/mol. The first kappa shape index (κ1) is 17.7. The van der Waals surface area contributed by atoms with E-state index in [-0.39, 0.29) is 6.03 Å². The zero-order chi connectivity index (χ0) is 17.5. The lowest BCUT2D eigenvalue weighted by molar-refractivity contribution is 0.240. The molecule has 25 heavy (non-hydrogen) atoms. The second kappa shape index (κ2) is 8.82. The molecule has 134 valence electrons. The first-order valence-electron chi connectivity index (χ1n) is 8.63. The number of nitrogens with zero attached hydrogens (tertiary/aromatic N) is 3. The summed E-state index contributed by atoms with van der Waals surface area (Å²) in [5.74, 6) is 1.01. The maximum atomic E-state index is 11.8. The number of pyridine rings is 1. The van der Waals surface area contributed by atoms with Crippen molar-refractivity contribution in [2.45, 2.75) is 13.0 Å². The average Bonchev–Trinajstić information content (AvgIpc) is 3.15. The molecule has 3 heterocycles. The van der Waals surface area contributed by atoms with Crippen LogP contribution in [0, 0.1) is 0 Å². The summed E-state index contributed by atoms with van der Waals surface area (Å²) in [6.07, 6.45) is 2.71. The molecule has 0 radical (unpaired) electrons. The van der Waals surface area contributed by atoms with Crippen LogP contribution in [0.5, 0.6) is 0 Å². The Morgan fingerprint density at radius 2 is 2.04 bits per heavy atom. The smallest absolute Gasteiger partial charge is 0.315 e. The van der Waals surface area contributed by atoms with Crippen molar-refractivity contribution < 1.29 is 4.79 Å². The van der Waals surface area contributed by atoms with Gasteiger partial charge in [0.2, 0.25) is 0 Å². The van der Waals surface area contributed by atoms with E-state index in [0.29, 0.717) is 13.1 Å². The van der Waals surface area contributed by atoms with Gasteiger partial charge in [0.05, 0.1) is 0 Å². The summed E-state index contributed by atoms with van der Waals surface area (Å²) in [6.45, 7) is 5.28. The number of hydrogen-bond acceptors (Lipinski definition) is 5. The molecule has 0 unspecified atom stereocenters. The van der Waals surface area contributed by atoms with Crippen molar-refractivity contribution >= 4 is 23.2 Å². The van der Waals surface area contributed by atoms with Crippen LogP contribution in [-0.4, -0.2) is 55.7 Å². The zero-order valence-corrected chi connectivity index (χ0v) is 15.4. The van der Waals surface area contributed by atoms with Crippen LogP contribution < -0.4 is 15.5 Å². The van der Waals surface area contributed by atoms with E-state index in [2.05, 4.69) is 38.5 Å². The van der Waals surface area contributed by atoms with E-state index < -0.39 is 0 Å². The lowest BCUT2D eigenvalue weighted by atomic mass is 10.2. The molecule has 2 aromatic rings. The van der Waals surface area contributed by atoms with E-state index in [4.69, 9.17) is 0 Å². The van der Waals surface area contributed by atoms with Crippen LogP contribution in [0.25, 0.3) is 0 Å². The molecular formula is C18H25N5OS. The van der Waals surface area contributed by atoms with Crippen molar-refractivity contribution in [2.24, 2.45) is 0 Å². The van der Waals surface area contributed by atoms with Crippen LogP contribution in [0.15, 0.2) is 35.8 Å². The summed E-state index contributed by atoms with van der Waals surface area (Å²) < 4.78 is 0. The largest absolute Gasteiger partial charge is 0.354 e. The molecule has 1 aliphatic heterocycles. The number of piperazine rings is 1. The van der Waals surface area contributed by atoms with E-state index in [1.54, 1.807) is 11.3 Å². The SMILES string of the molecule is CN1CCN(c2ccc(CNC(=O)NCCc3cccs3)cn2)CC1. The molecule has 1 fully saturated rings. The Kier molecular flexibility index (Phi) is 6.25. The topological polar surface area (TPSA) is 60.5 Å². The van der Waals surface area contributed by atoms with Crippen molar-refractivity contribution in [3.63, 3.8) is 0 Å². The van der Waals surface area contributed by atoms with Crippen LogP contribution in [-0.2, 0) is 13.0 Å². The number of likely N-dealkylation sites (N-methyl/N-ethyl adjacent to an activating group) is 1. The van der Waals surface area contributed by atoms with Crippen molar-refractivity contribution in [1.29, 1.82) is 0 Å². The van der Waals surface area contributed by atoms with Crippen molar-refractivity contribution in [3.05, 3.63) is 46.3 Å². The number of hydrogen-bond donors (Lipinski definition) is 2. The standard InChI is InChI=1S/C18H25N5OS/c1-22-8-10-23(11-9-22)17-5-4-15(13-20-17)14-21-18(24)19-7-6-16-3-2-12-25-16/h2-5,12-13H,6-11,14H2,1H3,(H2,19,21,24). The minimum absolute atomic E-state index is 0.139. The van der Waals surface area contributed by atoms with Crippen molar-refractivity contribution in [1.82, 2.24) is 20.5 Å². The van der Waals surface area contributed by atoms with Gasteiger partial charge in [-0.25, -0.2) is 9.78 Å². The van der Waals surface area contributed by atoms with Gasteiger partial charge in [-0.15, -0.1) is 11.3 Å². The van der Waals surface area contributed by atoms with Gasteiger partial charge in [-0.05, 0) is 36.5 Å². The van der Waals surface area contributed by atoms with Crippen LogP contribution in [0.2, 0.25) is 0 Å². The molecule has 0 saturated carbocycles. The Labute approximate surface area is 152 Å². The van der Waals surface area contributed by atoms with Gasteiger partial charge in [0.25, 0.3) is 0 Å². The Hall–Kier alpha value is -2.12. The van der Waals surface area contributed by atoms with Crippen LogP contribution in [0.4, 0.5) is 10.6 Å². The fraction of sp³-hybridized carbons (Fsp3) is 0.444. The molecule has 0 spiro atoms. The Balaban J connectivity index is 1.38. The first-order chi connectivity index (χ1) is 12.2. The molecule has 1 aliphatic rings. The molecule has 7 heteroatoms. The molecule has 2 N–H and O–H groups in total. The summed E-state index contributed by atoms with van der Waals surface area (Å²) in [4.78, 5) is 22.3. The minimum atomic E-state index is -0.139. The van der Waals surface area contributed by atoms with E-state index >= 15 is 0 Å². The van der Waals surface area contributed by atoms with Crippen molar-refractivity contribution in [3.8, 4) is 0 Å². The third-order valence-corrected chi connectivity index (χ3v) is 5.26. The summed E-state index contributed by atoms with van der Waals surface area (Å²) in [5, 5.41) is 7.81. The molecule has 0 aromatic carbocycles. The third-order valence-electron chi connectivity index (χ3n) is 4.33. The lowest BCUT2D eigenvalue weighted by Crippen LogP contribution is -2.44. The maximum absolute atomic E-state index is 11.8. The Morgan fingerprint density at radius 1 is 1.20 bits per heavy atom. The van der Waals surface area contributed by atoms with Gasteiger partial charge in [-0.1, -0.05) is 12.1 Å². The number of nitrogens with one attached hydrogen (secondary N) is 2. The molecule has 0 bridgehead atoms. The van der Waals surface area contributed by atoms with Gasteiger partial charge >= 0.3 is 6.03 Å². The number of carbonyl (C=O) groups is 1. The number of rotatable bonds is 6. The van der Waals surface area contributed by atoms with Gasteiger partial charge in [0.15, 0.2) is 0 Å². The van der Waals surface area contributed by atoms with E-state index in [1.165, 1.54) is 4.88 Å². The maximum Gasteiger partial charge on any atom is 0.315 e. The van der Waals surface area contributed by atoms with Gasteiger partial charge in [0, 0.05) is 50.3 Å². The number of thiophene rings is 1. The molecule has 1 saturated heterocycles.